The minimum absolute atomic E-state index is 0.112. The largest absolute Gasteiger partial charge is 0.396 e. The number of rotatable bonds is 6. The Morgan fingerprint density at radius 3 is 2.70 bits per heavy atom. The average molecular weight is 279 g/mol. The van der Waals surface area contributed by atoms with E-state index in [9.17, 15) is 10.1 Å². The van der Waals surface area contributed by atoms with Crippen LogP contribution < -0.4 is 10.2 Å². The van der Waals surface area contributed by atoms with Gasteiger partial charge in [-0.2, -0.15) is 0 Å². The molecule has 0 aromatic heterocycles. The minimum Gasteiger partial charge on any atom is -0.396 e. The number of benzene rings is 1. The van der Waals surface area contributed by atoms with Gasteiger partial charge in [0.25, 0.3) is 5.69 Å². The Labute approximate surface area is 118 Å². The van der Waals surface area contributed by atoms with E-state index in [1.54, 1.807) is 6.07 Å². The lowest BCUT2D eigenvalue weighted by Crippen LogP contribution is -2.29. The van der Waals surface area contributed by atoms with Crippen LogP contribution in [0, 0.1) is 10.1 Å². The average Bonchev–Trinajstić information content (AvgIpc) is 2.48. The fourth-order valence-corrected chi connectivity index (χ4v) is 2.49. The molecule has 1 heterocycles. The van der Waals surface area contributed by atoms with Crippen LogP contribution in [-0.2, 0) is 0 Å². The molecular weight excluding hydrogens is 258 g/mol. The molecule has 0 amide bonds. The number of nitro benzene ring substituents is 1. The summed E-state index contributed by atoms with van der Waals surface area (Å²) in [6.45, 7) is 2.49. The summed E-state index contributed by atoms with van der Waals surface area (Å²) < 4.78 is 0. The Balaban J connectivity index is 2.16. The van der Waals surface area contributed by atoms with Gasteiger partial charge in [0.2, 0.25) is 0 Å². The fourth-order valence-electron chi connectivity index (χ4n) is 2.49. The first-order chi connectivity index (χ1) is 9.72. The Morgan fingerprint density at radius 2 is 2.05 bits per heavy atom. The summed E-state index contributed by atoms with van der Waals surface area (Å²) in [5, 5.41) is 23.1. The van der Waals surface area contributed by atoms with E-state index in [4.69, 9.17) is 5.11 Å². The van der Waals surface area contributed by atoms with Gasteiger partial charge < -0.3 is 15.3 Å². The second-order valence-electron chi connectivity index (χ2n) is 5.01. The maximum atomic E-state index is 11.3. The lowest BCUT2D eigenvalue weighted by Gasteiger charge is -2.28. The summed E-state index contributed by atoms with van der Waals surface area (Å²) in [6, 6.07) is 5.28. The van der Waals surface area contributed by atoms with E-state index in [1.807, 2.05) is 12.1 Å². The van der Waals surface area contributed by atoms with Crippen molar-refractivity contribution in [2.75, 3.05) is 36.5 Å². The van der Waals surface area contributed by atoms with Crippen molar-refractivity contribution in [1.29, 1.82) is 0 Å². The van der Waals surface area contributed by atoms with Gasteiger partial charge in [-0.25, -0.2) is 0 Å². The normalized spacial score (nSPS) is 15.2. The molecule has 1 aliphatic heterocycles. The number of anilines is 2. The highest BCUT2D eigenvalue weighted by molar-refractivity contribution is 5.69. The van der Waals surface area contributed by atoms with Gasteiger partial charge in [-0.05, 0) is 37.8 Å². The molecule has 6 nitrogen and oxygen atoms in total. The second-order valence-corrected chi connectivity index (χ2v) is 5.01. The SMILES string of the molecule is O=[N+]([O-])c1cc(NCCCO)ccc1N1CCCCC1. The lowest BCUT2D eigenvalue weighted by molar-refractivity contribution is -0.384. The zero-order valence-corrected chi connectivity index (χ0v) is 11.5. The number of nitrogens with one attached hydrogen (secondary N) is 1. The molecule has 6 heteroatoms. The van der Waals surface area contributed by atoms with Crippen LogP contribution in [0.2, 0.25) is 0 Å². The molecule has 1 aliphatic rings. The van der Waals surface area contributed by atoms with Crippen LogP contribution in [0.15, 0.2) is 18.2 Å². The lowest BCUT2D eigenvalue weighted by atomic mass is 10.1. The van der Waals surface area contributed by atoms with E-state index in [0.717, 1.165) is 31.6 Å². The summed E-state index contributed by atoms with van der Waals surface area (Å²) >= 11 is 0. The minimum atomic E-state index is -0.318. The van der Waals surface area contributed by atoms with Crippen LogP contribution >= 0.6 is 0 Å². The second kappa shape index (κ2) is 7.09. The highest BCUT2D eigenvalue weighted by atomic mass is 16.6. The van der Waals surface area contributed by atoms with Gasteiger partial charge in [-0.3, -0.25) is 10.1 Å². The first-order valence-corrected chi connectivity index (χ1v) is 7.10. The molecule has 110 valence electrons. The van der Waals surface area contributed by atoms with Crippen molar-refractivity contribution in [2.45, 2.75) is 25.7 Å². The highest BCUT2D eigenvalue weighted by Gasteiger charge is 2.21. The van der Waals surface area contributed by atoms with Crippen molar-refractivity contribution in [3.8, 4) is 0 Å². The standard InChI is InChI=1S/C14H21N3O3/c18-10-4-7-15-12-5-6-13(14(11-12)17(19)20)16-8-2-1-3-9-16/h5-6,11,15,18H,1-4,7-10H2. The number of nitro groups is 1. The summed E-state index contributed by atoms with van der Waals surface area (Å²) in [5.74, 6) is 0. The topological polar surface area (TPSA) is 78.6 Å². The maximum absolute atomic E-state index is 11.3. The van der Waals surface area contributed by atoms with Crippen molar-refractivity contribution < 1.29 is 10.0 Å². The van der Waals surface area contributed by atoms with Crippen molar-refractivity contribution in [1.82, 2.24) is 0 Å². The van der Waals surface area contributed by atoms with Crippen LogP contribution in [0.25, 0.3) is 0 Å². The molecule has 0 spiro atoms. The van der Waals surface area contributed by atoms with Gasteiger partial charge in [0.15, 0.2) is 0 Å². The summed E-state index contributed by atoms with van der Waals surface area (Å²) in [4.78, 5) is 13.0. The third-order valence-corrected chi connectivity index (χ3v) is 3.53. The molecule has 2 rings (SSSR count). The smallest absolute Gasteiger partial charge is 0.294 e. The van der Waals surface area contributed by atoms with Crippen LogP contribution in [0.4, 0.5) is 17.1 Å². The molecular formula is C14H21N3O3. The third kappa shape index (κ3) is 3.60. The Hall–Kier alpha value is -1.82. The number of piperidine rings is 1. The molecule has 0 atom stereocenters. The van der Waals surface area contributed by atoms with Crippen LogP contribution in [0.5, 0.6) is 0 Å². The maximum Gasteiger partial charge on any atom is 0.294 e. The summed E-state index contributed by atoms with van der Waals surface area (Å²) in [6.07, 6.45) is 4.01. The molecule has 20 heavy (non-hydrogen) atoms. The molecule has 1 aromatic carbocycles. The number of hydrogen-bond donors (Lipinski definition) is 2. The third-order valence-electron chi connectivity index (χ3n) is 3.53. The molecule has 0 aliphatic carbocycles. The van der Waals surface area contributed by atoms with E-state index in [0.29, 0.717) is 18.7 Å². The fraction of sp³-hybridized carbons (Fsp3) is 0.571. The van der Waals surface area contributed by atoms with Crippen molar-refractivity contribution in [3.05, 3.63) is 28.3 Å². The molecule has 1 aromatic rings. The van der Waals surface area contributed by atoms with Gasteiger partial charge in [0.1, 0.15) is 5.69 Å². The quantitative estimate of drug-likeness (QED) is 0.475. The van der Waals surface area contributed by atoms with Crippen LogP contribution in [0.1, 0.15) is 25.7 Å². The van der Waals surface area contributed by atoms with Gasteiger partial charge in [-0.1, -0.05) is 0 Å². The van der Waals surface area contributed by atoms with Gasteiger partial charge >= 0.3 is 0 Å². The predicted molar refractivity (Wildman–Crippen MR) is 79.4 cm³/mol. The van der Waals surface area contributed by atoms with Gasteiger partial charge in [0, 0.05) is 38.0 Å². The van der Waals surface area contributed by atoms with E-state index in [2.05, 4.69) is 10.2 Å². The Morgan fingerprint density at radius 1 is 1.30 bits per heavy atom. The van der Waals surface area contributed by atoms with E-state index in [1.165, 1.54) is 6.42 Å². The molecule has 0 radical (unpaired) electrons. The van der Waals surface area contributed by atoms with Crippen molar-refractivity contribution in [3.63, 3.8) is 0 Å². The van der Waals surface area contributed by atoms with Crippen LogP contribution in [-0.4, -0.2) is 36.3 Å². The molecule has 0 unspecified atom stereocenters. The Bertz CT molecular complexity index is 459. The predicted octanol–water partition coefficient (Wildman–Crippen LogP) is 2.38. The molecule has 0 bridgehead atoms. The molecule has 1 saturated heterocycles. The Kier molecular flexibility index (Phi) is 5.17. The van der Waals surface area contributed by atoms with E-state index >= 15 is 0 Å². The number of aliphatic hydroxyl groups excluding tert-OH is 1. The van der Waals surface area contributed by atoms with Crippen molar-refractivity contribution >= 4 is 17.1 Å². The molecule has 2 N–H and O–H groups in total. The highest BCUT2D eigenvalue weighted by Crippen LogP contribution is 2.32. The van der Waals surface area contributed by atoms with E-state index in [-0.39, 0.29) is 17.2 Å². The summed E-state index contributed by atoms with van der Waals surface area (Å²) in [5.41, 5.74) is 1.59. The molecule has 1 fully saturated rings. The zero-order chi connectivity index (χ0) is 14.4. The first-order valence-electron chi connectivity index (χ1n) is 7.10. The van der Waals surface area contributed by atoms with Crippen molar-refractivity contribution in [2.24, 2.45) is 0 Å². The number of aliphatic hydroxyl groups is 1. The monoisotopic (exact) mass is 279 g/mol. The molecule has 0 saturated carbocycles. The van der Waals surface area contributed by atoms with E-state index < -0.39 is 0 Å². The van der Waals surface area contributed by atoms with Gasteiger partial charge in [0.05, 0.1) is 4.92 Å². The summed E-state index contributed by atoms with van der Waals surface area (Å²) in [7, 11) is 0. The van der Waals surface area contributed by atoms with Gasteiger partial charge in [-0.15, -0.1) is 0 Å². The number of hydrogen-bond acceptors (Lipinski definition) is 5. The van der Waals surface area contributed by atoms with Crippen LogP contribution in [0.3, 0.4) is 0 Å². The number of nitrogens with zero attached hydrogens (tertiary/aromatic N) is 2. The first kappa shape index (κ1) is 14.6. The zero-order valence-electron chi connectivity index (χ0n) is 11.5.